The molecule has 1 fully saturated rings. The Labute approximate surface area is 177 Å². The Balaban J connectivity index is 0.00000210. The fourth-order valence-electron chi connectivity index (χ4n) is 3.17. The van der Waals surface area contributed by atoms with Crippen LogP contribution in [0.25, 0.3) is 11.0 Å². The second-order valence-electron chi connectivity index (χ2n) is 7.07. The molecule has 0 radical (unpaired) electrons. The summed E-state index contributed by atoms with van der Waals surface area (Å²) in [5, 5.41) is 6.84. The van der Waals surface area contributed by atoms with Crippen molar-refractivity contribution in [3.8, 4) is 0 Å². The van der Waals surface area contributed by atoms with Crippen LogP contribution in [-0.2, 0) is 13.1 Å². The van der Waals surface area contributed by atoms with Crippen LogP contribution in [0.15, 0.2) is 59.9 Å². The van der Waals surface area contributed by atoms with E-state index >= 15 is 0 Å². The van der Waals surface area contributed by atoms with E-state index in [1.807, 2.05) is 25.5 Å². The van der Waals surface area contributed by atoms with Gasteiger partial charge in [-0.2, -0.15) is 0 Å². The highest BCUT2D eigenvalue weighted by atomic mass is 127. The average molecular weight is 475 g/mol. The fourth-order valence-corrected chi connectivity index (χ4v) is 3.17. The predicted molar refractivity (Wildman–Crippen MR) is 122 cm³/mol. The van der Waals surface area contributed by atoms with Crippen LogP contribution < -0.4 is 10.6 Å². The number of nitrogens with one attached hydrogen (secondary N) is 2. The second-order valence-corrected chi connectivity index (χ2v) is 7.07. The number of aliphatic imine (C=N–C) groups is 1. The van der Waals surface area contributed by atoms with Crippen molar-refractivity contribution in [2.45, 2.75) is 32.5 Å². The highest BCUT2D eigenvalue weighted by Gasteiger charge is 2.33. The van der Waals surface area contributed by atoms with Crippen LogP contribution in [0, 0.1) is 5.92 Å². The molecule has 4 rings (SSSR count). The zero-order valence-corrected chi connectivity index (χ0v) is 18.1. The van der Waals surface area contributed by atoms with Crippen molar-refractivity contribution >= 4 is 41.0 Å². The van der Waals surface area contributed by atoms with Crippen molar-refractivity contribution in [2.24, 2.45) is 10.9 Å². The fraction of sp³-hybridized carbons (Fsp3) is 0.333. The Morgan fingerprint density at radius 3 is 2.56 bits per heavy atom. The standard InChI is InChI=1S/C21H25N5.HI/c1-15-11-19(15)25-21(22-2)23-12-16-7-9-17(10-8-16)13-26-14-24-18-5-3-4-6-20(18)26;/h3-10,14-15,19H,11-13H2,1-2H3,(H2,22,23,25);1H. The summed E-state index contributed by atoms with van der Waals surface area (Å²) in [6.07, 6.45) is 3.15. The number of hydrogen-bond donors (Lipinski definition) is 2. The molecule has 2 N–H and O–H groups in total. The number of imidazole rings is 1. The van der Waals surface area contributed by atoms with Crippen LogP contribution in [0.3, 0.4) is 0 Å². The van der Waals surface area contributed by atoms with Gasteiger partial charge in [-0.1, -0.05) is 43.3 Å². The van der Waals surface area contributed by atoms with Crippen LogP contribution in [0.4, 0.5) is 0 Å². The van der Waals surface area contributed by atoms with Gasteiger partial charge >= 0.3 is 0 Å². The highest BCUT2D eigenvalue weighted by molar-refractivity contribution is 14.0. The first kappa shape index (κ1) is 19.7. The van der Waals surface area contributed by atoms with Crippen molar-refractivity contribution in [3.05, 3.63) is 66.0 Å². The smallest absolute Gasteiger partial charge is 0.191 e. The van der Waals surface area contributed by atoms with Gasteiger partial charge in [0.15, 0.2) is 5.96 Å². The van der Waals surface area contributed by atoms with Crippen molar-refractivity contribution in [1.29, 1.82) is 0 Å². The largest absolute Gasteiger partial charge is 0.353 e. The lowest BCUT2D eigenvalue weighted by Crippen LogP contribution is -2.38. The number of nitrogens with zero attached hydrogens (tertiary/aromatic N) is 3. The van der Waals surface area contributed by atoms with E-state index in [2.05, 4.69) is 68.5 Å². The number of benzene rings is 2. The summed E-state index contributed by atoms with van der Waals surface area (Å²) in [7, 11) is 1.82. The first-order valence-corrected chi connectivity index (χ1v) is 9.18. The number of para-hydroxylation sites is 2. The van der Waals surface area contributed by atoms with E-state index in [9.17, 15) is 0 Å². The first-order valence-electron chi connectivity index (χ1n) is 9.18. The van der Waals surface area contributed by atoms with E-state index < -0.39 is 0 Å². The number of halogens is 1. The van der Waals surface area contributed by atoms with Gasteiger partial charge in [-0.25, -0.2) is 4.98 Å². The summed E-state index contributed by atoms with van der Waals surface area (Å²) in [6, 6.07) is 17.5. The molecule has 142 valence electrons. The lowest BCUT2D eigenvalue weighted by Gasteiger charge is -2.12. The molecular weight excluding hydrogens is 449 g/mol. The SMILES string of the molecule is CN=C(NCc1ccc(Cn2cnc3ccccc32)cc1)NC1CC1C.I. The molecule has 1 saturated carbocycles. The Morgan fingerprint density at radius 1 is 1.15 bits per heavy atom. The quantitative estimate of drug-likeness (QED) is 0.336. The molecule has 1 heterocycles. The van der Waals surface area contributed by atoms with Crippen molar-refractivity contribution in [3.63, 3.8) is 0 Å². The molecule has 3 aromatic rings. The van der Waals surface area contributed by atoms with Gasteiger partial charge in [0.05, 0.1) is 17.4 Å². The van der Waals surface area contributed by atoms with E-state index in [0.29, 0.717) is 6.04 Å². The van der Waals surface area contributed by atoms with Crippen LogP contribution in [0.2, 0.25) is 0 Å². The summed E-state index contributed by atoms with van der Waals surface area (Å²) < 4.78 is 2.19. The second kappa shape index (κ2) is 8.73. The van der Waals surface area contributed by atoms with E-state index in [4.69, 9.17) is 0 Å². The van der Waals surface area contributed by atoms with E-state index in [1.165, 1.54) is 23.1 Å². The van der Waals surface area contributed by atoms with Gasteiger partial charge in [-0.3, -0.25) is 4.99 Å². The zero-order valence-electron chi connectivity index (χ0n) is 15.7. The van der Waals surface area contributed by atoms with Crippen LogP contribution in [0.1, 0.15) is 24.5 Å². The van der Waals surface area contributed by atoms with Gasteiger partial charge in [0.1, 0.15) is 0 Å². The van der Waals surface area contributed by atoms with Crippen LogP contribution in [0.5, 0.6) is 0 Å². The molecule has 2 aromatic carbocycles. The monoisotopic (exact) mass is 475 g/mol. The first-order chi connectivity index (χ1) is 12.7. The van der Waals surface area contributed by atoms with Crippen LogP contribution in [-0.4, -0.2) is 28.6 Å². The number of aromatic nitrogens is 2. The molecule has 1 aliphatic carbocycles. The number of guanidine groups is 1. The molecule has 1 aliphatic rings. The molecule has 6 heteroatoms. The van der Waals surface area contributed by atoms with E-state index in [0.717, 1.165) is 30.5 Å². The minimum Gasteiger partial charge on any atom is -0.353 e. The maximum Gasteiger partial charge on any atom is 0.191 e. The molecule has 0 aliphatic heterocycles. The Kier molecular flexibility index (Phi) is 6.36. The summed E-state index contributed by atoms with van der Waals surface area (Å²) in [5.41, 5.74) is 4.72. The maximum absolute atomic E-state index is 4.46. The maximum atomic E-state index is 4.46. The summed E-state index contributed by atoms with van der Waals surface area (Å²) >= 11 is 0. The zero-order chi connectivity index (χ0) is 17.9. The Morgan fingerprint density at radius 2 is 1.85 bits per heavy atom. The summed E-state index contributed by atoms with van der Waals surface area (Å²) in [4.78, 5) is 8.76. The highest BCUT2D eigenvalue weighted by Crippen LogP contribution is 2.28. The lowest BCUT2D eigenvalue weighted by molar-refractivity contribution is 0.763. The van der Waals surface area contributed by atoms with Gasteiger partial charge < -0.3 is 15.2 Å². The molecule has 5 nitrogen and oxygen atoms in total. The third kappa shape index (κ3) is 4.80. The van der Waals surface area contributed by atoms with E-state index in [1.54, 1.807) is 0 Å². The molecular formula is C21H26IN5. The van der Waals surface area contributed by atoms with Gasteiger partial charge in [0, 0.05) is 26.2 Å². The topological polar surface area (TPSA) is 54.2 Å². The molecule has 2 unspecified atom stereocenters. The Bertz CT molecular complexity index is 916. The normalized spacial score (nSPS) is 18.8. The lowest BCUT2D eigenvalue weighted by atomic mass is 10.1. The Hall–Kier alpha value is -2.09. The van der Waals surface area contributed by atoms with Gasteiger partial charge in [-0.15, -0.1) is 24.0 Å². The number of rotatable bonds is 5. The molecule has 0 amide bonds. The predicted octanol–water partition coefficient (Wildman–Crippen LogP) is 3.78. The molecule has 0 bridgehead atoms. The van der Waals surface area contributed by atoms with Gasteiger partial charge in [-0.05, 0) is 35.6 Å². The minimum atomic E-state index is 0. The van der Waals surface area contributed by atoms with Crippen LogP contribution >= 0.6 is 24.0 Å². The van der Waals surface area contributed by atoms with Crippen molar-refractivity contribution in [2.75, 3.05) is 7.05 Å². The number of hydrogen-bond acceptors (Lipinski definition) is 2. The molecule has 2 atom stereocenters. The van der Waals surface area contributed by atoms with Gasteiger partial charge in [0.25, 0.3) is 0 Å². The third-order valence-electron chi connectivity index (χ3n) is 5.02. The van der Waals surface area contributed by atoms with Gasteiger partial charge in [0.2, 0.25) is 0 Å². The van der Waals surface area contributed by atoms with Crippen molar-refractivity contribution < 1.29 is 0 Å². The molecule has 0 spiro atoms. The van der Waals surface area contributed by atoms with Crippen molar-refractivity contribution in [1.82, 2.24) is 20.2 Å². The third-order valence-corrected chi connectivity index (χ3v) is 5.02. The molecule has 1 aromatic heterocycles. The minimum absolute atomic E-state index is 0. The number of fused-ring (bicyclic) bond motifs is 1. The molecule has 0 saturated heterocycles. The summed E-state index contributed by atoms with van der Waals surface area (Å²) in [5.74, 6) is 1.64. The molecule has 27 heavy (non-hydrogen) atoms. The average Bonchev–Trinajstić information content (AvgIpc) is 3.22. The van der Waals surface area contributed by atoms with E-state index in [-0.39, 0.29) is 24.0 Å². The summed E-state index contributed by atoms with van der Waals surface area (Å²) in [6.45, 7) is 3.86.